The van der Waals surface area contributed by atoms with Gasteiger partial charge in [0.2, 0.25) is 11.8 Å². The van der Waals surface area contributed by atoms with Crippen molar-refractivity contribution in [3.63, 3.8) is 0 Å². The summed E-state index contributed by atoms with van der Waals surface area (Å²) < 4.78 is 0. The summed E-state index contributed by atoms with van der Waals surface area (Å²) in [6.07, 6.45) is 5.02. The van der Waals surface area contributed by atoms with Crippen LogP contribution < -0.4 is 11.5 Å². The molecule has 1 saturated carbocycles. The molecule has 0 aliphatic heterocycles. The zero-order valence-corrected chi connectivity index (χ0v) is 11.9. The Balaban J connectivity index is 2.91. The van der Waals surface area contributed by atoms with Crippen molar-refractivity contribution in [3.05, 3.63) is 0 Å². The molecule has 1 atom stereocenters. The molecule has 0 aromatic rings. The highest BCUT2D eigenvalue weighted by atomic mass is 16.4. The van der Waals surface area contributed by atoms with Crippen LogP contribution in [0.3, 0.4) is 0 Å². The fourth-order valence-electron chi connectivity index (χ4n) is 2.73. The molecule has 0 saturated heterocycles. The fraction of sp³-hybridized carbons (Fsp3) is 0.769. The van der Waals surface area contributed by atoms with Gasteiger partial charge in [0, 0.05) is 6.04 Å². The number of oxime groups is 1. The van der Waals surface area contributed by atoms with Gasteiger partial charge in [0.15, 0.2) is 5.84 Å². The van der Waals surface area contributed by atoms with Crippen LogP contribution in [0.15, 0.2) is 5.16 Å². The zero-order chi connectivity index (χ0) is 15.1. The number of nitrogens with two attached hydrogens (primary N) is 2. The Morgan fingerprint density at radius 3 is 2.40 bits per heavy atom. The first-order chi connectivity index (χ1) is 9.51. The molecule has 1 rings (SSSR count). The molecule has 7 nitrogen and oxygen atoms in total. The summed E-state index contributed by atoms with van der Waals surface area (Å²) in [6.45, 7) is 1.81. The number of primary amides is 1. The van der Waals surface area contributed by atoms with E-state index >= 15 is 0 Å². The van der Waals surface area contributed by atoms with Crippen molar-refractivity contribution in [2.45, 2.75) is 51.5 Å². The molecule has 1 unspecified atom stereocenters. The van der Waals surface area contributed by atoms with Gasteiger partial charge < -0.3 is 21.6 Å². The van der Waals surface area contributed by atoms with Gasteiger partial charge in [0.1, 0.15) is 0 Å². The van der Waals surface area contributed by atoms with Crippen molar-refractivity contribution >= 4 is 17.6 Å². The van der Waals surface area contributed by atoms with E-state index in [9.17, 15) is 9.59 Å². The first kappa shape index (κ1) is 16.3. The topological polar surface area (TPSA) is 122 Å². The summed E-state index contributed by atoms with van der Waals surface area (Å²) in [7, 11) is 0. The van der Waals surface area contributed by atoms with Crippen LogP contribution in [0.5, 0.6) is 0 Å². The number of hydrogen-bond acceptors (Lipinski definition) is 4. The van der Waals surface area contributed by atoms with E-state index in [1.165, 1.54) is 4.90 Å². The van der Waals surface area contributed by atoms with Gasteiger partial charge in [0.05, 0.1) is 12.5 Å². The van der Waals surface area contributed by atoms with Crippen LogP contribution in [0.25, 0.3) is 0 Å². The number of rotatable bonds is 7. The third-order valence-electron chi connectivity index (χ3n) is 3.72. The highest BCUT2D eigenvalue weighted by molar-refractivity contribution is 6.03. The lowest BCUT2D eigenvalue weighted by Gasteiger charge is -2.31. The monoisotopic (exact) mass is 284 g/mol. The van der Waals surface area contributed by atoms with Crippen LogP contribution in [0, 0.1) is 5.92 Å². The lowest BCUT2D eigenvalue weighted by molar-refractivity contribution is -0.139. The zero-order valence-electron chi connectivity index (χ0n) is 11.9. The van der Waals surface area contributed by atoms with Gasteiger partial charge in [-0.15, -0.1) is 0 Å². The molecule has 1 fully saturated rings. The quantitative estimate of drug-likeness (QED) is 0.271. The number of carbonyl (C=O) groups excluding carboxylic acids is 2. The maximum Gasteiger partial charge on any atom is 0.237 e. The molecule has 0 bridgehead atoms. The molecule has 0 aromatic heterocycles. The van der Waals surface area contributed by atoms with E-state index in [1.54, 1.807) is 0 Å². The smallest absolute Gasteiger partial charge is 0.237 e. The number of amides is 2. The molecule has 5 N–H and O–H groups in total. The predicted octanol–water partition coefficient (Wildman–Crippen LogP) is 0.406. The standard InChI is InChI=1S/C13H24N4O3/c1-2-5-10(12(15)16-20)13(19)17(8-11(14)18)9-6-3-4-7-9/h9-10,20H,2-8H2,1H3,(H2,14,18)(H2,15,16). The van der Waals surface area contributed by atoms with Crippen LogP contribution in [-0.4, -0.2) is 40.3 Å². The van der Waals surface area contributed by atoms with E-state index in [2.05, 4.69) is 5.16 Å². The van der Waals surface area contributed by atoms with Gasteiger partial charge in [-0.1, -0.05) is 31.3 Å². The lowest BCUT2D eigenvalue weighted by atomic mass is 9.99. The Morgan fingerprint density at radius 1 is 1.35 bits per heavy atom. The van der Waals surface area contributed by atoms with Crippen molar-refractivity contribution in [2.24, 2.45) is 22.5 Å². The molecule has 114 valence electrons. The van der Waals surface area contributed by atoms with Crippen LogP contribution in [0.4, 0.5) is 0 Å². The van der Waals surface area contributed by atoms with Crippen LogP contribution in [0.2, 0.25) is 0 Å². The average molecular weight is 284 g/mol. The normalized spacial score (nSPS) is 17.9. The van der Waals surface area contributed by atoms with Crippen LogP contribution in [-0.2, 0) is 9.59 Å². The first-order valence-corrected chi connectivity index (χ1v) is 7.07. The molecular weight excluding hydrogens is 260 g/mol. The molecule has 1 aliphatic carbocycles. The van der Waals surface area contributed by atoms with E-state index in [4.69, 9.17) is 16.7 Å². The molecule has 1 aliphatic rings. The number of nitrogens with zero attached hydrogens (tertiary/aromatic N) is 2. The molecule has 7 heteroatoms. The molecule has 20 heavy (non-hydrogen) atoms. The van der Waals surface area contributed by atoms with E-state index in [1.807, 2.05) is 6.92 Å². The minimum Gasteiger partial charge on any atom is -0.409 e. The second-order valence-electron chi connectivity index (χ2n) is 5.24. The first-order valence-electron chi connectivity index (χ1n) is 7.07. The van der Waals surface area contributed by atoms with E-state index < -0.39 is 11.8 Å². The third-order valence-corrected chi connectivity index (χ3v) is 3.72. The van der Waals surface area contributed by atoms with Crippen molar-refractivity contribution in [2.75, 3.05) is 6.54 Å². The van der Waals surface area contributed by atoms with Gasteiger partial charge in [-0.25, -0.2) is 0 Å². The summed E-state index contributed by atoms with van der Waals surface area (Å²) in [6, 6.07) is 0.0286. The second-order valence-corrected chi connectivity index (χ2v) is 5.24. The Hall–Kier alpha value is -1.79. The van der Waals surface area contributed by atoms with Gasteiger partial charge >= 0.3 is 0 Å². The maximum atomic E-state index is 12.6. The molecule has 0 heterocycles. The van der Waals surface area contributed by atoms with Crippen molar-refractivity contribution in [1.29, 1.82) is 0 Å². The predicted molar refractivity (Wildman–Crippen MR) is 75.0 cm³/mol. The highest BCUT2D eigenvalue weighted by Gasteiger charge is 2.33. The number of hydrogen-bond donors (Lipinski definition) is 3. The Morgan fingerprint density at radius 2 is 1.95 bits per heavy atom. The fourth-order valence-corrected chi connectivity index (χ4v) is 2.73. The Kier molecular flexibility index (Phi) is 6.27. The number of carbonyl (C=O) groups is 2. The van der Waals surface area contributed by atoms with Gasteiger partial charge in [0.25, 0.3) is 0 Å². The molecule has 2 amide bonds. The third kappa shape index (κ3) is 4.11. The summed E-state index contributed by atoms with van der Waals surface area (Å²) in [5, 5.41) is 11.8. The summed E-state index contributed by atoms with van der Waals surface area (Å²) in [4.78, 5) is 25.3. The Labute approximate surface area is 119 Å². The highest BCUT2D eigenvalue weighted by Crippen LogP contribution is 2.25. The van der Waals surface area contributed by atoms with Crippen LogP contribution in [0.1, 0.15) is 45.4 Å². The Bertz CT molecular complexity index is 378. The maximum absolute atomic E-state index is 12.6. The largest absolute Gasteiger partial charge is 0.409 e. The molecule has 0 spiro atoms. The van der Waals surface area contributed by atoms with Crippen molar-refractivity contribution in [3.8, 4) is 0 Å². The number of amidine groups is 1. The minimum absolute atomic E-state index is 0.0286. The molecule has 0 aromatic carbocycles. The lowest BCUT2D eigenvalue weighted by Crippen LogP contribution is -2.49. The summed E-state index contributed by atoms with van der Waals surface area (Å²) in [5.41, 5.74) is 10.8. The second kappa shape index (κ2) is 7.72. The van der Waals surface area contributed by atoms with Gasteiger partial charge in [-0.05, 0) is 19.3 Å². The van der Waals surface area contributed by atoms with Gasteiger partial charge in [-0.2, -0.15) is 0 Å². The average Bonchev–Trinajstić information content (AvgIpc) is 2.94. The molecular formula is C13H24N4O3. The van der Waals surface area contributed by atoms with Crippen molar-refractivity contribution in [1.82, 2.24) is 4.90 Å². The summed E-state index contributed by atoms with van der Waals surface area (Å²) >= 11 is 0. The van der Waals surface area contributed by atoms with Gasteiger partial charge in [-0.3, -0.25) is 9.59 Å². The van der Waals surface area contributed by atoms with Crippen LogP contribution >= 0.6 is 0 Å². The van der Waals surface area contributed by atoms with E-state index in [0.717, 1.165) is 32.1 Å². The van der Waals surface area contributed by atoms with E-state index in [-0.39, 0.29) is 24.3 Å². The van der Waals surface area contributed by atoms with Crippen molar-refractivity contribution < 1.29 is 14.8 Å². The molecule has 0 radical (unpaired) electrons. The van der Waals surface area contributed by atoms with E-state index in [0.29, 0.717) is 6.42 Å². The summed E-state index contributed by atoms with van der Waals surface area (Å²) in [5.74, 6) is -1.61. The SMILES string of the molecule is CCCC(C(=O)N(CC(N)=O)C1CCCC1)C(N)=NO. The minimum atomic E-state index is -0.690.